The minimum Gasteiger partial charge on any atom is -0.490 e. The van der Waals surface area contributed by atoms with Gasteiger partial charge in [-0.2, -0.15) is 0 Å². The maximum Gasteiger partial charge on any atom is 0.344 e. The summed E-state index contributed by atoms with van der Waals surface area (Å²) in [6.45, 7) is 3.85. The van der Waals surface area contributed by atoms with Crippen LogP contribution in [0.5, 0.6) is 11.5 Å². The Morgan fingerprint density at radius 3 is 2.53 bits per heavy atom. The van der Waals surface area contributed by atoms with Gasteiger partial charge < -0.3 is 14.6 Å². The van der Waals surface area contributed by atoms with E-state index in [1.807, 2.05) is 13.0 Å². The summed E-state index contributed by atoms with van der Waals surface area (Å²) in [7, 11) is 0. The molecule has 1 aromatic rings. The number of rotatable bonds is 5. The van der Waals surface area contributed by atoms with Gasteiger partial charge in [0.2, 0.25) is 0 Å². The van der Waals surface area contributed by atoms with E-state index in [9.17, 15) is 4.79 Å². The fourth-order valence-electron chi connectivity index (χ4n) is 1.06. The second-order valence-electron chi connectivity index (χ2n) is 2.98. The molecule has 0 aliphatic rings. The molecular weight excluding hydrogens is 196 g/mol. The standard InChI is InChI=1S/C11H14O4/c1-3-14-9-6-4-5-7-10(9)15-8(2)11(12)13/h4-8H,3H2,1-2H3,(H,12,13)/t8-/m1/s1. The molecule has 0 spiro atoms. The molecule has 15 heavy (non-hydrogen) atoms. The van der Waals surface area contributed by atoms with Gasteiger partial charge in [0, 0.05) is 0 Å². The molecule has 0 fully saturated rings. The molecule has 0 radical (unpaired) electrons. The summed E-state index contributed by atoms with van der Waals surface area (Å²) in [5.41, 5.74) is 0. The van der Waals surface area contributed by atoms with Crippen LogP contribution in [0.1, 0.15) is 13.8 Å². The van der Waals surface area contributed by atoms with Crippen LogP contribution in [0.25, 0.3) is 0 Å². The second kappa shape index (κ2) is 5.24. The third-order valence-electron chi connectivity index (χ3n) is 1.80. The lowest BCUT2D eigenvalue weighted by Crippen LogP contribution is -2.23. The van der Waals surface area contributed by atoms with Gasteiger partial charge in [-0.15, -0.1) is 0 Å². The predicted octanol–water partition coefficient (Wildman–Crippen LogP) is 1.94. The molecule has 0 bridgehead atoms. The Hall–Kier alpha value is -1.71. The Kier molecular flexibility index (Phi) is 3.97. The number of ether oxygens (including phenoxy) is 2. The normalized spacial score (nSPS) is 11.9. The van der Waals surface area contributed by atoms with Crippen LogP contribution in [-0.2, 0) is 4.79 Å². The van der Waals surface area contributed by atoms with E-state index >= 15 is 0 Å². The summed E-state index contributed by atoms with van der Waals surface area (Å²) in [4.78, 5) is 10.6. The first-order chi connectivity index (χ1) is 7.15. The van der Waals surface area contributed by atoms with E-state index in [1.165, 1.54) is 6.92 Å². The fourth-order valence-corrected chi connectivity index (χ4v) is 1.06. The smallest absolute Gasteiger partial charge is 0.344 e. The number of carboxylic acids is 1. The molecule has 0 aliphatic carbocycles. The number of hydrogen-bond donors (Lipinski definition) is 1. The van der Waals surface area contributed by atoms with Crippen molar-refractivity contribution in [1.29, 1.82) is 0 Å². The summed E-state index contributed by atoms with van der Waals surface area (Å²) >= 11 is 0. The minimum atomic E-state index is -0.999. The van der Waals surface area contributed by atoms with Crippen LogP contribution >= 0.6 is 0 Å². The molecular formula is C11H14O4. The van der Waals surface area contributed by atoms with Gasteiger partial charge >= 0.3 is 5.97 Å². The molecule has 0 aliphatic heterocycles. The summed E-state index contributed by atoms with van der Waals surface area (Å²) < 4.78 is 10.5. The van der Waals surface area contributed by atoms with E-state index in [-0.39, 0.29) is 0 Å². The van der Waals surface area contributed by atoms with E-state index in [1.54, 1.807) is 18.2 Å². The van der Waals surface area contributed by atoms with E-state index < -0.39 is 12.1 Å². The average Bonchev–Trinajstić information content (AvgIpc) is 2.21. The van der Waals surface area contributed by atoms with Gasteiger partial charge in [0.1, 0.15) is 0 Å². The predicted molar refractivity (Wildman–Crippen MR) is 55.3 cm³/mol. The first-order valence-electron chi connectivity index (χ1n) is 4.76. The number of carboxylic acid groups (broad SMARTS) is 1. The van der Waals surface area contributed by atoms with E-state index in [2.05, 4.69) is 0 Å². The molecule has 1 atom stereocenters. The minimum absolute atomic E-state index is 0.453. The van der Waals surface area contributed by atoms with Crippen molar-refractivity contribution in [2.45, 2.75) is 20.0 Å². The Labute approximate surface area is 88.4 Å². The largest absolute Gasteiger partial charge is 0.490 e. The van der Waals surface area contributed by atoms with E-state index in [4.69, 9.17) is 14.6 Å². The second-order valence-corrected chi connectivity index (χ2v) is 2.98. The topological polar surface area (TPSA) is 55.8 Å². The van der Waals surface area contributed by atoms with Gasteiger partial charge in [0.25, 0.3) is 0 Å². The van der Waals surface area contributed by atoms with Crippen molar-refractivity contribution in [2.75, 3.05) is 6.61 Å². The van der Waals surface area contributed by atoms with Gasteiger partial charge in [-0.1, -0.05) is 12.1 Å². The lowest BCUT2D eigenvalue weighted by atomic mass is 10.3. The highest BCUT2D eigenvalue weighted by Gasteiger charge is 2.14. The summed E-state index contributed by atoms with van der Waals surface area (Å²) in [5, 5.41) is 8.70. The Balaban J connectivity index is 2.79. The average molecular weight is 210 g/mol. The Bertz CT molecular complexity index is 335. The van der Waals surface area contributed by atoms with Crippen molar-refractivity contribution in [2.24, 2.45) is 0 Å². The summed E-state index contributed by atoms with van der Waals surface area (Å²) in [6.07, 6.45) is -0.883. The zero-order valence-electron chi connectivity index (χ0n) is 8.77. The van der Waals surface area contributed by atoms with Crippen LogP contribution in [0.4, 0.5) is 0 Å². The fraction of sp³-hybridized carbons (Fsp3) is 0.364. The molecule has 0 heterocycles. The van der Waals surface area contributed by atoms with Crippen LogP contribution in [-0.4, -0.2) is 23.8 Å². The molecule has 0 amide bonds. The first kappa shape index (κ1) is 11.4. The van der Waals surface area contributed by atoms with Gasteiger partial charge in [-0.3, -0.25) is 0 Å². The van der Waals surface area contributed by atoms with Crippen LogP contribution in [0.15, 0.2) is 24.3 Å². The molecule has 0 unspecified atom stereocenters. The Morgan fingerprint density at radius 1 is 1.40 bits per heavy atom. The lowest BCUT2D eigenvalue weighted by Gasteiger charge is -2.13. The number of hydrogen-bond acceptors (Lipinski definition) is 3. The Morgan fingerprint density at radius 2 is 2.00 bits per heavy atom. The molecule has 82 valence electrons. The molecule has 4 heteroatoms. The number of carbonyl (C=O) groups is 1. The number of benzene rings is 1. The third-order valence-corrected chi connectivity index (χ3v) is 1.80. The van der Waals surface area contributed by atoms with Gasteiger partial charge in [-0.25, -0.2) is 4.79 Å². The maximum atomic E-state index is 10.6. The molecule has 1 aromatic carbocycles. The first-order valence-corrected chi connectivity index (χ1v) is 4.76. The molecule has 0 aromatic heterocycles. The van der Waals surface area contributed by atoms with Crippen LogP contribution in [0.2, 0.25) is 0 Å². The molecule has 4 nitrogen and oxygen atoms in total. The summed E-state index contributed by atoms with van der Waals surface area (Å²) in [6, 6.07) is 7.01. The zero-order chi connectivity index (χ0) is 11.3. The highest BCUT2D eigenvalue weighted by atomic mass is 16.5. The summed E-state index contributed by atoms with van der Waals surface area (Å²) in [5.74, 6) is 0.0173. The maximum absolute atomic E-state index is 10.6. The van der Waals surface area contributed by atoms with Gasteiger partial charge in [0.15, 0.2) is 17.6 Å². The van der Waals surface area contributed by atoms with Crippen LogP contribution in [0, 0.1) is 0 Å². The molecule has 0 saturated heterocycles. The van der Waals surface area contributed by atoms with E-state index in [0.717, 1.165) is 0 Å². The molecule has 1 rings (SSSR count). The van der Waals surface area contributed by atoms with Crippen LogP contribution in [0.3, 0.4) is 0 Å². The van der Waals surface area contributed by atoms with Gasteiger partial charge in [0.05, 0.1) is 6.61 Å². The molecule has 0 saturated carbocycles. The van der Waals surface area contributed by atoms with E-state index in [0.29, 0.717) is 18.1 Å². The van der Waals surface area contributed by atoms with Crippen molar-refractivity contribution in [1.82, 2.24) is 0 Å². The number of para-hydroxylation sites is 2. The van der Waals surface area contributed by atoms with Crippen LogP contribution < -0.4 is 9.47 Å². The van der Waals surface area contributed by atoms with Crippen molar-refractivity contribution in [3.63, 3.8) is 0 Å². The SMILES string of the molecule is CCOc1ccccc1O[C@H](C)C(=O)O. The van der Waals surface area contributed by atoms with Crippen molar-refractivity contribution >= 4 is 5.97 Å². The quantitative estimate of drug-likeness (QED) is 0.806. The van der Waals surface area contributed by atoms with Crippen molar-refractivity contribution < 1.29 is 19.4 Å². The lowest BCUT2D eigenvalue weighted by molar-refractivity contribution is -0.144. The third kappa shape index (κ3) is 3.16. The zero-order valence-corrected chi connectivity index (χ0v) is 8.77. The van der Waals surface area contributed by atoms with Gasteiger partial charge in [-0.05, 0) is 26.0 Å². The highest BCUT2D eigenvalue weighted by Crippen LogP contribution is 2.27. The van der Waals surface area contributed by atoms with Crippen molar-refractivity contribution in [3.8, 4) is 11.5 Å². The molecule has 1 N–H and O–H groups in total. The monoisotopic (exact) mass is 210 g/mol. The van der Waals surface area contributed by atoms with Crippen molar-refractivity contribution in [3.05, 3.63) is 24.3 Å². The highest BCUT2D eigenvalue weighted by molar-refractivity contribution is 5.72. The number of aliphatic carboxylic acids is 1.